The molecule has 0 saturated carbocycles. The molecule has 1 rings (SSSR count). The summed E-state index contributed by atoms with van der Waals surface area (Å²) in [6.07, 6.45) is 0.588. The van der Waals surface area contributed by atoms with Gasteiger partial charge in [0.2, 0.25) is 10.0 Å². The lowest BCUT2D eigenvalue weighted by atomic mass is 10.2. The zero-order chi connectivity index (χ0) is 14.6. The molecule has 0 aliphatic carbocycles. The second kappa shape index (κ2) is 6.56. The molecule has 1 unspecified atom stereocenters. The van der Waals surface area contributed by atoms with E-state index >= 15 is 0 Å². The number of halogens is 1. The Morgan fingerprint density at radius 1 is 1.47 bits per heavy atom. The van der Waals surface area contributed by atoms with Gasteiger partial charge in [-0.15, -0.1) is 0 Å². The van der Waals surface area contributed by atoms with Crippen LogP contribution in [-0.4, -0.2) is 28.2 Å². The number of sulfonamides is 1. The fourth-order valence-corrected chi connectivity index (χ4v) is 3.50. The quantitative estimate of drug-likeness (QED) is 0.787. The molecule has 1 aromatic carbocycles. The van der Waals surface area contributed by atoms with Crippen LogP contribution in [0.1, 0.15) is 18.9 Å². The van der Waals surface area contributed by atoms with Crippen LogP contribution in [0.4, 0.5) is 5.69 Å². The average Bonchev–Trinajstić information content (AvgIpc) is 2.30. The van der Waals surface area contributed by atoms with Crippen molar-refractivity contribution < 1.29 is 13.2 Å². The van der Waals surface area contributed by atoms with Crippen molar-refractivity contribution in [3.8, 4) is 0 Å². The minimum absolute atomic E-state index is 0.113. The molecule has 1 atom stereocenters. The Balaban J connectivity index is 3.01. The average molecular weight is 307 g/mol. The summed E-state index contributed by atoms with van der Waals surface area (Å²) in [6, 6.07) is 2.70. The Labute approximate surface area is 119 Å². The second-order valence-corrected chi connectivity index (χ2v) is 6.54. The smallest absolute Gasteiger partial charge is 0.241 e. The van der Waals surface area contributed by atoms with E-state index < -0.39 is 10.0 Å². The number of nitrogens with two attached hydrogens (primary N) is 1. The van der Waals surface area contributed by atoms with Crippen molar-refractivity contribution in [3.63, 3.8) is 0 Å². The Kier molecular flexibility index (Phi) is 5.61. The molecule has 3 N–H and O–H groups in total. The highest BCUT2D eigenvalue weighted by Gasteiger charge is 2.21. The molecule has 0 bridgehead atoms. The van der Waals surface area contributed by atoms with Gasteiger partial charge < -0.3 is 10.5 Å². The van der Waals surface area contributed by atoms with E-state index in [0.717, 1.165) is 0 Å². The van der Waals surface area contributed by atoms with E-state index in [0.29, 0.717) is 29.3 Å². The van der Waals surface area contributed by atoms with E-state index in [-0.39, 0.29) is 10.9 Å². The standard InChI is InChI=1S/C12H19ClN2O3S/c1-8(4-5-18-3)15-19(16,17)12-7-10(13)6-11(14)9(12)2/h6-8,15H,4-5,14H2,1-3H3. The lowest BCUT2D eigenvalue weighted by Crippen LogP contribution is -2.33. The van der Waals surface area contributed by atoms with Crippen molar-refractivity contribution in [2.24, 2.45) is 0 Å². The van der Waals surface area contributed by atoms with E-state index in [2.05, 4.69) is 4.72 Å². The molecule has 0 aliphatic rings. The summed E-state index contributed by atoms with van der Waals surface area (Å²) in [5, 5.41) is 0.299. The van der Waals surface area contributed by atoms with Crippen LogP contribution < -0.4 is 10.5 Å². The van der Waals surface area contributed by atoms with Crippen LogP contribution in [-0.2, 0) is 14.8 Å². The van der Waals surface area contributed by atoms with Gasteiger partial charge in [-0.3, -0.25) is 0 Å². The summed E-state index contributed by atoms with van der Waals surface area (Å²) in [6.45, 7) is 3.92. The molecular weight excluding hydrogens is 288 g/mol. The number of nitrogens with one attached hydrogen (secondary N) is 1. The van der Waals surface area contributed by atoms with Crippen LogP contribution in [0.5, 0.6) is 0 Å². The lowest BCUT2D eigenvalue weighted by molar-refractivity contribution is 0.188. The summed E-state index contributed by atoms with van der Waals surface area (Å²) in [7, 11) is -2.06. The molecule has 0 fully saturated rings. The topological polar surface area (TPSA) is 81.4 Å². The monoisotopic (exact) mass is 306 g/mol. The van der Waals surface area contributed by atoms with Gasteiger partial charge in [0.15, 0.2) is 0 Å². The predicted molar refractivity (Wildman–Crippen MR) is 76.9 cm³/mol. The number of hydrogen-bond donors (Lipinski definition) is 2. The van der Waals surface area contributed by atoms with Crippen LogP contribution in [0.25, 0.3) is 0 Å². The van der Waals surface area contributed by atoms with E-state index in [9.17, 15) is 8.42 Å². The second-order valence-electron chi connectivity index (χ2n) is 4.42. The molecule has 0 aromatic heterocycles. The van der Waals surface area contributed by atoms with Gasteiger partial charge in [0, 0.05) is 30.5 Å². The van der Waals surface area contributed by atoms with Gasteiger partial charge in [-0.2, -0.15) is 0 Å². The molecule has 7 heteroatoms. The van der Waals surface area contributed by atoms with Crippen molar-refractivity contribution in [2.75, 3.05) is 19.5 Å². The molecule has 1 aromatic rings. The molecule has 0 aliphatic heterocycles. The number of nitrogen functional groups attached to an aromatic ring is 1. The highest BCUT2D eigenvalue weighted by molar-refractivity contribution is 7.89. The van der Waals surface area contributed by atoms with Crippen molar-refractivity contribution >= 4 is 27.3 Å². The molecule has 0 amide bonds. The predicted octanol–water partition coefficient (Wildman–Crippen LogP) is 1.93. The number of anilines is 1. The van der Waals surface area contributed by atoms with Gasteiger partial charge >= 0.3 is 0 Å². The third-order valence-electron chi connectivity index (χ3n) is 2.77. The zero-order valence-corrected chi connectivity index (χ0v) is 12.8. The Hall–Kier alpha value is -0.820. The van der Waals surface area contributed by atoms with Crippen molar-refractivity contribution in [1.29, 1.82) is 0 Å². The Morgan fingerprint density at radius 3 is 2.68 bits per heavy atom. The van der Waals surface area contributed by atoms with Crippen LogP contribution >= 0.6 is 11.6 Å². The van der Waals surface area contributed by atoms with Gasteiger partial charge in [0.1, 0.15) is 0 Å². The molecule has 0 heterocycles. The first-order valence-corrected chi connectivity index (χ1v) is 7.71. The van der Waals surface area contributed by atoms with E-state index in [4.69, 9.17) is 22.1 Å². The van der Waals surface area contributed by atoms with Crippen LogP contribution in [0.2, 0.25) is 5.02 Å². The maximum atomic E-state index is 12.3. The number of rotatable bonds is 6. The Morgan fingerprint density at radius 2 is 2.11 bits per heavy atom. The van der Waals surface area contributed by atoms with Crippen molar-refractivity contribution in [3.05, 3.63) is 22.7 Å². The summed E-state index contributed by atoms with van der Waals surface area (Å²) in [5.74, 6) is 0. The summed E-state index contributed by atoms with van der Waals surface area (Å²) in [4.78, 5) is 0.113. The fourth-order valence-electron chi connectivity index (χ4n) is 1.64. The van der Waals surface area contributed by atoms with Crippen molar-refractivity contribution in [1.82, 2.24) is 4.72 Å². The summed E-state index contributed by atoms with van der Waals surface area (Å²) < 4.78 is 32.0. The number of ether oxygens (including phenoxy) is 1. The highest BCUT2D eigenvalue weighted by Crippen LogP contribution is 2.26. The molecule has 5 nitrogen and oxygen atoms in total. The summed E-state index contributed by atoms with van der Waals surface area (Å²) >= 11 is 5.86. The third-order valence-corrected chi connectivity index (χ3v) is 4.70. The van der Waals surface area contributed by atoms with Crippen LogP contribution in [0.15, 0.2) is 17.0 Å². The maximum Gasteiger partial charge on any atom is 0.241 e. The van der Waals surface area contributed by atoms with E-state index in [1.54, 1.807) is 21.0 Å². The van der Waals surface area contributed by atoms with Gasteiger partial charge in [-0.25, -0.2) is 13.1 Å². The van der Waals surface area contributed by atoms with Gasteiger partial charge in [-0.05, 0) is 38.0 Å². The normalized spacial score (nSPS) is 13.5. The zero-order valence-electron chi connectivity index (χ0n) is 11.2. The van der Waals surface area contributed by atoms with Crippen molar-refractivity contribution in [2.45, 2.75) is 31.2 Å². The number of benzene rings is 1. The van der Waals surface area contributed by atoms with E-state index in [1.165, 1.54) is 12.1 Å². The fraction of sp³-hybridized carbons (Fsp3) is 0.500. The molecule has 0 spiro atoms. The molecule has 0 radical (unpaired) electrons. The first kappa shape index (κ1) is 16.2. The van der Waals surface area contributed by atoms with Gasteiger partial charge in [-0.1, -0.05) is 11.6 Å². The first-order chi connectivity index (χ1) is 8.77. The minimum Gasteiger partial charge on any atom is -0.398 e. The minimum atomic E-state index is -3.64. The van der Waals surface area contributed by atoms with Gasteiger partial charge in [0.25, 0.3) is 0 Å². The van der Waals surface area contributed by atoms with E-state index in [1.807, 2.05) is 0 Å². The molecule has 19 heavy (non-hydrogen) atoms. The largest absolute Gasteiger partial charge is 0.398 e. The molecule has 108 valence electrons. The molecular formula is C12H19ClN2O3S. The third kappa shape index (κ3) is 4.35. The first-order valence-electron chi connectivity index (χ1n) is 5.85. The summed E-state index contributed by atoms with van der Waals surface area (Å²) in [5.41, 5.74) is 6.59. The SMILES string of the molecule is COCCC(C)NS(=O)(=O)c1cc(Cl)cc(N)c1C. The molecule has 0 saturated heterocycles. The van der Waals surface area contributed by atoms with Crippen LogP contribution in [0.3, 0.4) is 0 Å². The maximum absolute atomic E-state index is 12.3. The van der Waals surface area contributed by atoms with Crippen LogP contribution in [0, 0.1) is 6.92 Å². The highest BCUT2D eigenvalue weighted by atomic mass is 35.5. The Bertz CT molecular complexity index is 546. The lowest BCUT2D eigenvalue weighted by Gasteiger charge is -2.16. The number of hydrogen-bond acceptors (Lipinski definition) is 4. The van der Waals surface area contributed by atoms with Gasteiger partial charge in [0.05, 0.1) is 4.90 Å². The number of methoxy groups -OCH3 is 1.